The monoisotopic (exact) mass is 444 g/mol. The number of unbranched alkanes of at least 4 members (excludes halogenated alkanes) is 17. The molecule has 1 heteroatoms. The zero-order valence-corrected chi connectivity index (χ0v) is 22.4. The first-order valence-electron chi connectivity index (χ1n) is 14.8. The molecule has 1 nitrogen and oxygen atoms in total. The lowest BCUT2D eigenvalue weighted by molar-refractivity contribution is -0.697. The van der Waals surface area contributed by atoms with Gasteiger partial charge in [0.1, 0.15) is 6.54 Å². The van der Waals surface area contributed by atoms with Crippen LogP contribution in [0.2, 0.25) is 0 Å². The Hall–Kier alpha value is -0.850. The molecule has 0 aliphatic heterocycles. The first-order valence-corrected chi connectivity index (χ1v) is 14.8. The van der Waals surface area contributed by atoms with Crippen molar-refractivity contribution in [2.24, 2.45) is 0 Å². The van der Waals surface area contributed by atoms with E-state index < -0.39 is 0 Å². The van der Waals surface area contributed by atoms with Gasteiger partial charge in [-0.1, -0.05) is 124 Å². The Bertz CT molecular complexity index is 521. The highest BCUT2D eigenvalue weighted by molar-refractivity contribution is 5.21. The van der Waals surface area contributed by atoms with Crippen LogP contribution in [0.5, 0.6) is 0 Å². The Morgan fingerprint density at radius 2 is 0.875 bits per heavy atom. The van der Waals surface area contributed by atoms with Gasteiger partial charge in [0.15, 0.2) is 12.4 Å². The van der Waals surface area contributed by atoms with Gasteiger partial charge in [-0.25, -0.2) is 4.57 Å². The molecule has 0 aliphatic rings. The summed E-state index contributed by atoms with van der Waals surface area (Å²) in [6.07, 6.45) is 35.5. The Morgan fingerprint density at radius 3 is 1.38 bits per heavy atom. The maximum absolute atomic E-state index is 2.51. The van der Waals surface area contributed by atoms with Crippen LogP contribution in [0.15, 0.2) is 18.5 Å². The Balaban J connectivity index is 2.36. The summed E-state index contributed by atoms with van der Waals surface area (Å²) in [7, 11) is 0. The molecule has 0 radical (unpaired) electrons. The highest BCUT2D eigenvalue weighted by Crippen LogP contribution is 2.16. The molecule has 1 aromatic rings. The molecule has 1 heterocycles. The van der Waals surface area contributed by atoms with Crippen molar-refractivity contribution in [1.29, 1.82) is 0 Å². The smallest absolute Gasteiger partial charge is 0.172 e. The number of rotatable bonds is 23. The largest absolute Gasteiger partial charge is 0.205 e. The van der Waals surface area contributed by atoms with Gasteiger partial charge in [-0.3, -0.25) is 0 Å². The molecule has 0 aromatic carbocycles. The summed E-state index contributed by atoms with van der Waals surface area (Å²) < 4.78 is 2.49. The minimum absolute atomic E-state index is 1.20. The van der Waals surface area contributed by atoms with Crippen LogP contribution in [-0.4, -0.2) is 0 Å². The van der Waals surface area contributed by atoms with Gasteiger partial charge in [0, 0.05) is 18.1 Å². The number of hydrogen-bond donors (Lipinski definition) is 0. The first-order chi connectivity index (χ1) is 15.8. The van der Waals surface area contributed by atoms with E-state index in [1.54, 1.807) is 11.1 Å². The van der Waals surface area contributed by atoms with Crippen molar-refractivity contribution >= 4 is 0 Å². The van der Waals surface area contributed by atoms with Gasteiger partial charge < -0.3 is 0 Å². The highest BCUT2D eigenvalue weighted by atomic mass is 14.9. The van der Waals surface area contributed by atoms with Crippen molar-refractivity contribution in [3.05, 3.63) is 29.6 Å². The maximum Gasteiger partial charge on any atom is 0.172 e. The standard InChI is InChI=1S/C31H58N/c1-4-7-10-13-14-15-16-17-20-23-27-32-28-26-30(24-21-18-11-8-5-2)31(29-32)25-22-19-12-9-6-3/h26,28-29H,4-25,27H2,1-3H3/q+1. The fourth-order valence-corrected chi connectivity index (χ4v) is 4.85. The van der Waals surface area contributed by atoms with Crippen LogP contribution >= 0.6 is 0 Å². The molecule has 0 spiro atoms. The molecular weight excluding hydrogens is 386 g/mol. The first kappa shape index (κ1) is 29.2. The molecule has 1 aromatic heterocycles. The molecule has 0 aliphatic carbocycles. The number of aromatic nitrogens is 1. The normalized spacial score (nSPS) is 11.3. The van der Waals surface area contributed by atoms with Crippen molar-refractivity contribution in [3.63, 3.8) is 0 Å². The molecule has 0 fully saturated rings. The average Bonchev–Trinajstić information content (AvgIpc) is 2.81. The lowest BCUT2D eigenvalue weighted by Gasteiger charge is -2.09. The van der Waals surface area contributed by atoms with Gasteiger partial charge in [-0.2, -0.15) is 0 Å². The fraction of sp³-hybridized carbons (Fsp3) is 0.839. The van der Waals surface area contributed by atoms with E-state index in [4.69, 9.17) is 0 Å². The lowest BCUT2D eigenvalue weighted by Crippen LogP contribution is -2.34. The van der Waals surface area contributed by atoms with Gasteiger partial charge in [-0.05, 0) is 37.7 Å². The van der Waals surface area contributed by atoms with Gasteiger partial charge in [-0.15, -0.1) is 0 Å². The predicted octanol–water partition coefficient (Wildman–Crippen LogP) is 9.92. The van der Waals surface area contributed by atoms with E-state index in [9.17, 15) is 0 Å². The van der Waals surface area contributed by atoms with Crippen LogP contribution in [0.4, 0.5) is 0 Å². The van der Waals surface area contributed by atoms with Crippen LogP contribution in [0, 0.1) is 0 Å². The van der Waals surface area contributed by atoms with Crippen LogP contribution in [0.3, 0.4) is 0 Å². The molecule has 0 saturated carbocycles. The predicted molar refractivity (Wildman–Crippen MR) is 143 cm³/mol. The fourth-order valence-electron chi connectivity index (χ4n) is 4.85. The third-order valence-electron chi connectivity index (χ3n) is 7.07. The van der Waals surface area contributed by atoms with E-state index in [1.165, 1.54) is 148 Å². The summed E-state index contributed by atoms with van der Waals surface area (Å²) in [5, 5.41) is 0. The third-order valence-corrected chi connectivity index (χ3v) is 7.07. The van der Waals surface area contributed by atoms with Crippen LogP contribution in [0.25, 0.3) is 0 Å². The second kappa shape index (κ2) is 22.0. The SMILES string of the molecule is CCCCCCCCCCCC[n+]1ccc(CCCCCCC)c(CCCCCCC)c1. The summed E-state index contributed by atoms with van der Waals surface area (Å²) in [5.74, 6) is 0. The molecule has 0 unspecified atom stereocenters. The summed E-state index contributed by atoms with van der Waals surface area (Å²) in [5.41, 5.74) is 3.28. The lowest BCUT2D eigenvalue weighted by atomic mass is 9.98. The highest BCUT2D eigenvalue weighted by Gasteiger charge is 2.10. The molecule has 0 N–H and O–H groups in total. The molecule has 32 heavy (non-hydrogen) atoms. The van der Waals surface area contributed by atoms with Gasteiger partial charge in [0.25, 0.3) is 0 Å². The molecule has 0 atom stereocenters. The maximum atomic E-state index is 2.51. The van der Waals surface area contributed by atoms with Crippen molar-refractivity contribution in [1.82, 2.24) is 0 Å². The minimum atomic E-state index is 1.20. The molecule has 0 bridgehead atoms. The van der Waals surface area contributed by atoms with E-state index in [1.807, 2.05) is 0 Å². The minimum Gasteiger partial charge on any atom is -0.205 e. The summed E-state index contributed by atoms with van der Waals surface area (Å²) in [6.45, 7) is 8.12. The number of pyridine rings is 1. The second-order valence-corrected chi connectivity index (χ2v) is 10.2. The van der Waals surface area contributed by atoms with Crippen LogP contribution in [-0.2, 0) is 19.4 Å². The van der Waals surface area contributed by atoms with Gasteiger partial charge in [0.2, 0.25) is 0 Å². The number of hydrogen-bond acceptors (Lipinski definition) is 0. The number of nitrogens with zero attached hydrogens (tertiary/aromatic N) is 1. The van der Waals surface area contributed by atoms with Crippen LogP contribution in [0.1, 0.15) is 160 Å². The third kappa shape index (κ3) is 15.9. The van der Waals surface area contributed by atoms with Crippen molar-refractivity contribution in [3.8, 4) is 0 Å². The summed E-state index contributed by atoms with van der Waals surface area (Å²) in [6, 6.07) is 2.46. The van der Waals surface area contributed by atoms with Crippen molar-refractivity contribution < 1.29 is 4.57 Å². The van der Waals surface area contributed by atoms with Gasteiger partial charge in [0.05, 0.1) is 0 Å². The topological polar surface area (TPSA) is 3.88 Å². The summed E-state index contributed by atoms with van der Waals surface area (Å²) >= 11 is 0. The zero-order valence-electron chi connectivity index (χ0n) is 22.4. The van der Waals surface area contributed by atoms with E-state index >= 15 is 0 Å². The van der Waals surface area contributed by atoms with Crippen LogP contribution < -0.4 is 4.57 Å². The Kier molecular flexibility index (Phi) is 20.0. The van der Waals surface area contributed by atoms with E-state index in [0.29, 0.717) is 0 Å². The quantitative estimate of drug-likeness (QED) is 0.117. The zero-order chi connectivity index (χ0) is 23.1. The van der Waals surface area contributed by atoms with Gasteiger partial charge >= 0.3 is 0 Å². The molecule has 1 rings (SSSR count). The molecule has 186 valence electrons. The summed E-state index contributed by atoms with van der Waals surface area (Å²) in [4.78, 5) is 0. The average molecular weight is 445 g/mol. The van der Waals surface area contributed by atoms with Crippen molar-refractivity contribution in [2.75, 3.05) is 0 Å². The van der Waals surface area contributed by atoms with Crippen molar-refractivity contribution in [2.45, 2.75) is 169 Å². The second-order valence-electron chi connectivity index (χ2n) is 10.2. The van der Waals surface area contributed by atoms with E-state index in [2.05, 4.69) is 43.8 Å². The number of aryl methyl sites for hydroxylation is 3. The van der Waals surface area contributed by atoms with E-state index in [-0.39, 0.29) is 0 Å². The Morgan fingerprint density at radius 1 is 0.469 bits per heavy atom. The molecular formula is C31H58N+. The van der Waals surface area contributed by atoms with E-state index in [0.717, 1.165) is 0 Å². The molecule has 0 saturated heterocycles. The molecule has 0 amide bonds. The Labute approximate surface area is 202 Å².